The van der Waals surface area contributed by atoms with Crippen molar-refractivity contribution in [3.05, 3.63) is 30.1 Å². The third-order valence-corrected chi connectivity index (χ3v) is 3.35. The van der Waals surface area contributed by atoms with Crippen molar-refractivity contribution in [2.75, 3.05) is 19.6 Å². The van der Waals surface area contributed by atoms with Gasteiger partial charge in [0.25, 0.3) is 0 Å². The molecule has 17 heavy (non-hydrogen) atoms. The van der Waals surface area contributed by atoms with Crippen molar-refractivity contribution < 1.29 is 4.79 Å². The Kier molecular flexibility index (Phi) is 3.58. The molecule has 0 bridgehead atoms. The van der Waals surface area contributed by atoms with Gasteiger partial charge in [0.2, 0.25) is 0 Å². The topological polar surface area (TPSA) is 71.2 Å². The molecule has 0 aromatic carbocycles. The summed E-state index contributed by atoms with van der Waals surface area (Å²) in [7, 11) is 0. The first-order valence-electron chi connectivity index (χ1n) is 5.87. The first-order chi connectivity index (χ1) is 8.20. The van der Waals surface area contributed by atoms with Gasteiger partial charge in [-0.05, 0) is 11.6 Å². The second-order valence-corrected chi connectivity index (χ2v) is 4.38. The van der Waals surface area contributed by atoms with Gasteiger partial charge in [-0.2, -0.15) is 0 Å². The highest BCUT2D eigenvalue weighted by molar-refractivity contribution is 5.72. The number of aromatic nitrogens is 1. The molecule has 0 radical (unpaired) electrons. The summed E-state index contributed by atoms with van der Waals surface area (Å²) < 4.78 is 0. The number of nitrogens with one attached hydrogen (secondary N) is 1. The average Bonchev–Trinajstić information content (AvgIpc) is 2.39. The number of urea groups is 1. The maximum atomic E-state index is 11.4. The Morgan fingerprint density at radius 1 is 1.71 bits per heavy atom. The van der Waals surface area contributed by atoms with Crippen LogP contribution in [0.15, 0.2) is 24.5 Å². The lowest BCUT2D eigenvalue weighted by molar-refractivity contribution is 0.155. The standard InChI is InChI=1S/C12H18N4O/c1-9(10-3-2-4-14-7-10)11-8-15-5-6-16(11)12(13)17/h2-4,7,9,11,15H,5-6,8H2,1H3,(H2,13,17)/t9-,11?/m1/s1. The Balaban J connectivity index is 2.16. The van der Waals surface area contributed by atoms with Gasteiger partial charge in [-0.15, -0.1) is 0 Å². The van der Waals surface area contributed by atoms with Gasteiger partial charge in [0, 0.05) is 37.9 Å². The molecule has 1 saturated heterocycles. The SMILES string of the molecule is C[C@H](c1cccnc1)C1CNCCN1C(N)=O. The van der Waals surface area contributed by atoms with Crippen LogP contribution in [0.1, 0.15) is 18.4 Å². The van der Waals surface area contributed by atoms with Crippen LogP contribution >= 0.6 is 0 Å². The molecule has 1 aliphatic heterocycles. The molecule has 2 rings (SSSR count). The molecule has 5 heteroatoms. The first-order valence-corrected chi connectivity index (χ1v) is 5.87. The van der Waals surface area contributed by atoms with E-state index < -0.39 is 0 Å². The van der Waals surface area contributed by atoms with E-state index in [0.29, 0.717) is 6.54 Å². The fourth-order valence-electron chi connectivity index (χ4n) is 2.31. The summed E-state index contributed by atoms with van der Waals surface area (Å²) >= 11 is 0. The number of carbonyl (C=O) groups excluding carboxylic acids is 1. The van der Waals surface area contributed by atoms with E-state index in [0.717, 1.165) is 18.7 Å². The van der Waals surface area contributed by atoms with E-state index in [4.69, 9.17) is 5.73 Å². The minimum absolute atomic E-state index is 0.102. The van der Waals surface area contributed by atoms with Gasteiger partial charge in [-0.3, -0.25) is 4.98 Å². The lowest BCUT2D eigenvalue weighted by Crippen LogP contribution is -2.57. The highest BCUT2D eigenvalue weighted by atomic mass is 16.2. The zero-order chi connectivity index (χ0) is 12.3. The number of rotatable bonds is 2. The summed E-state index contributed by atoms with van der Waals surface area (Å²) in [5, 5.41) is 3.30. The molecule has 1 aromatic heterocycles. The molecule has 2 amide bonds. The zero-order valence-corrected chi connectivity index (χ0v) is 9.97. The number of piperazine rings is 1. The molecular formula is C12H18N4O. The number of hydrogen-bond acceptors (Lipinski definition) is 3. The highest BCUT2D eigenvalue weighted by Crippen LogP contribution is 2.23. The largest absolute Gasteiger partial charge is 0.351 e. The molecule has 2 atom stereocenters. The summed E-state index contributed by atoms with van der Waals surface area (Å²) in [6, 6.07) is 3.71. The van der Waals surface area contributed by atoms with Crippen LogP contribution in [0.2, 0.25) is 0 Å². The monoisotopic (exact) mass is 234 g/mol. The van der Waals surface area contributed by atoms with Gasteiger partial charge >= 0.3 is 6.03 Å². The molecule has 0 aliphatic carbocycles. The lowest BCUT2D eigenvalue weighted by Gasteiger charge is -2.38. The summed E-state index contributed by atoms with van der Waals surface area (Å²) in [5.74, 6) is 0.226. The van der Waals surface area contributed by atoms with E-state index >= 15 is 0 Å². The Labute approximate surface area is 101 Å². The third kappa shape index (κ3) is 2.55. The normalized spacial score (nSPS) is 22.2. The van der Waals surface area contributed by atoms with Crippen molar-refractivity contribution in [2.24, 2.45) is 5.73 Å². The quantitative estimate of drug-likeness (QED) is 0.784. The molecule has 5 nitrogen and oxygen atoms in total. The zero-order valence-electron chi connectivity index (χ0n) is 9.97. The first kappa shape index (κ1) is 11.9. The Morgan fingerprint density at radius 3 is 3.18 bits per heavy atom. The van der Waals surface area contributed by atoms with Crippen LogP contribution < -0.4 is 11.1 Å². The molecule has 1 aromatic rings. The molecule has 1 fully saturated rings. The lowest BCUT2D eigenvalue weighted by atomic mass is 9.92. The second-order valence-electron chi connectivity index (χ2n) is 4.38. The van der Waals surface area contributed by atoms with Gasteiger partial charge in [-0.25, -0.2) is 4.79 Å². The Morgan fingerprint density at radius 2 is 2.53 bits per heavy atom. The third-order valence-electron chi connectivity index (χ3n) is 3.35. The summed E-state index contributed by atoms with van der Waals surface area (Å²) in [6.07, 6.45) is 3.60. The van der Waals surface area contributed by atoms with Crippen molar-refractivity contribution in [3.8, 4) is 0 Å². The predicted molar refractivity (Wildman–Crippen MR) is 65.6 cm³/mol. The number of nitrogens with zero attached hydrogens (tertiary/aromatic N) is 2. The van der Waals surface area contributed by atoms with Gasteiger partial charge in [0.05, 0.1) is 6.04 Å². The van der Waals surface area contributed by atoms with Crippen molar-refractivity contribution in [1.29, 1.82) is 0 Å². The van der Waals surface area contributed by atoms with E-state index in [1.165, 1.54) is 0 Å². The Hall–Kier alpha value is -1.62. The Bertz CT molecular complexity index is 381. The van der Waals surface area contributed by atoms with Crippen LogP contribution in [0.4, 0.5) is 4.79 Å². The van der Waals surface area contributed by atoms with Crippen molar-refractivity contribution in [2.45, 2.75) is 18.9 Å². The van der Waals surface area contributed by atoms with Gasteiger partial charge in [0.15, 0.2) is 0 Å². The molecule has 92 valence electrons. The minimum Gasteiger partial charge on any atom is -0.351 e. The number of nitrogens with two attached hydrogens (primary N) is 1. The molecule has 1 aliphatic rings. The van der Waals surface area contributed by atoms with E-state index in [1.54, 1.807) is 11.1 Å². The predicted octanol–water partition coefficient (Wildman–Crippen LogP) is 0.538. The molecule has 0 spiro atoms. The van der Waals surface area contributed by atoms with E-state index in [1.807, 2.05) is 18.3 Å². The molecular weight excluding hydrogens is 216 g/mol. The van der Waals surface area contributed by atoms with E-state index in [9.17, 15) is 4.79 Å². The van der Waals surface area contributed by atoms with E-state index in [2.05, 4.69) is 17.2 Å². The maximum absolute atomic E-state index is 11.4. The van der Waals surface area contributed by atoms with Crippen LogP contribution in [0.5, 0.6) is 0 Å². The van der Waals surface area contributed by atoms with Crippen molar-refractivity contribution in [3.63, 3.8) is 0 Å². The maximum Gasteiger partial charge on any atom is 0.315 e. The number of pyridine rings is 1. The average molecular weight is 234 g/mol. The summed E-state index contributed by atoms with van der Waals surface area (Å²) in [6.45, 7) is 4.35. The fraction of sp³-hybridized carbons (Fsp3) is 0.500. The number of hydrogen-bond donors (Lipinski definition) is 2. The highest BCUT2D eigenvalue weighted by Gasteiger charge is 2.30. The van der Waals surface area contributed by atoms with Gasteiger partial charge in [-0.1, -0.05) is 13.0 Å². The van der Waals surface area contributed by atoms with Crippen molar-refractivity contribution >= 4 is 6.03 Å². The summed E-state index contributed by atoms with van der Waals surface area (Å²) in [5.41, 5.74) is 6.55. The number of carbonyl (C=O) groups is 1. The van der Waals surface area contributed by atoms with E-state index in [-0.39, 0.29) is 18.0 Å². The van der Waals surface area contributed by atoms with Gasteiger partial charge in [0.1, 0.15) is 0 Å². The van der Waals surface area contributed by atoms with Crippen LogP contribution in [0, 0.1) is 0 Å². The van der Waals surface area contributed by atoms with Crippen LogP contribution in [-0.4, -0.2) is 41.6 Å². The molecule has 3 N–H and O–H groups in total. The molecule has 0 saturated carbocycles. The van der Waals surface area contributed by atoms with Crippen molar-refractivity contribution in [1.82, 2.24) is 15.2 Å². The summed E-state index contributed by atoms with van der Waals surface area (Å²) in [4.78, 5) is 17.3. The van der Waals surface area contributed by atoms with Crippen LogP contribution in [0.3, 0.4) is 0 Å². The number of primary amides is 1. The van der Waals surface area contributed by atoms with Gasteiger partial charge < -0.3 is 16.0 Å². The molecule has 2 heterocycles. The molecule has 1 unspecified atom stereocenters. The van der Waals surface area contributed by atoms with Crippen LogP contribution in [0.25, 0.3) is 0 Å². The minimum atomic E-state index is -0.341. The van der Waals surface area contributed by atoms with Crippen LogP contribution in [-0.2, 0) is 0 Å². The smallest absolute Gasteiger partial charge is 0.315 e. The second kappa shape index (κ2) is 5.14. The fourth-order valence-corrected chi connectivity index (χ4v) is 2.31. The number of amides is 2.